The molecule has 16 heteroatoms. The third-order valence-electron chi connectivity index (χ3n) is 7.22. The van der Waals surface area contributed by atoms with E-state index in [-0.39, 0.29) is 35.9 Å². The van der Waals surface area contributed by atoms with Crippen molar-refractivity contribution in [2.24, 2.45) is 0 Å². The summed E-state index contributed by atoms with van der Waals surface area (Å²) in [5.41, 5.74) is 0.842. The molecule has 0 unspecified atom stereocenters. The number of likely N-dealkylation sites (N-methyl/N-ethyl adjacent to an activating group) is 1. The Hall–Kier alpha value is -3.79. The highest BCUT2D eigenvalue weighted by Gasteiger charge is 2.35. The molecular formula is C25H34F3N11O2. The second-order valence-corrected chi connectivity index (χ2v) is 10.4. The number of nitrogens with one attached hydrogen (secondary N) is 1. The summed E-state index contributed by atoms with van der Waals surface area (Å²) < 4.78 is 48.6. The van der Waals surface area contributed by atoms with E-state index in [0.29, 0.717) is 68.8 Å². The van der Waals surface area contributed by atoms with Gasteiger partial charge in [0.05, 0.1) is 25.3 Å². The standard InChI is InChI=1S/C25H34F3N11O2/c1-16-13-38(6-5-37(16)14-18(40)35(3)4)24-32-19-21(36-7-9-41-10-8-36)33-20(17-11-30-23(29-2)31-12-17)34-22(19)39(24)15-25(26,27)28/h11-12,16H,5-10,13-15H2,1-4H3,(H,29,30,31)/t16-/m1/s1. The first kappa shape index (κ1) is 28.7. The summed E-state index contributed by atoms with van der Waals surface area (Å²) in [6.45, 7) is 4.18. The number of amides is 1. The molecule has 0 spiro atoms. The van der Waals surface area contributed by atoms with Gasteiger partial charge in [-0.25, -0.2) is 24.9 Å². The Morgan fingerprint density at radius 1 is 1.07 bits per heavy atom. The van der Waals surface area contributed by atoms with Crippen LogP contribution in [0, 0.1) is 0 Å². The first-order chi connectivity index (χ1) is 19.5. The number of carbonyl (C=O) groups is 1. The molecule has 1 atom stereocenters. The maximum absolute atomic E-state index is 14.0. The summed E-state index contributed by atoms with van der Waals surface area (Å²) in [6.07, 6.45) is -1.45. The lowest BCUT2D eigenvalue weighted by Crippen LogP contribution is -2.54. The highest BCUT2D eigenvalue weighted by molar-refractivity contribution is 5.88. The lowest BCUT2D eigenvalue weighted by molar-refractivity contribution is -0.139. The molecule has 2 aliphatic heterocycles. The van der Waals surface area contributed by atoms with Gasteiger partial charge in [-0.05, 0) is 6.92 Å². The predicted molar refractivity (Wildman–Crippen MR) is 147 cm³/mol. The minimum Gasteiger partial charge on any atom is -0.378 e. The van der Waals surface area contributed by atoms with Gasteiger partial charge in [0.25, 0.3) is 0 Å². The molecule has 0 saturated carbocycles. The van der Waals surface area contributed by atoms with Gasteiger partial charge in [-0.3, -0.25) is 14.3 Å². The van der Waals surface area contributed by atoms with Gasteiger partial charge in [-0.2, -0.15) is 13.2 Å². The lowest BCUT2D eigenvalue weighted by Gasteiger charge is -2.40. The fourth-order valence-electron chi connectivity index (χ4n) is 4.97. The van der Waals surface area contributed by atoms with Gasteiger partial charge < -0.3 is 24.8 Å². The fraction of sp³-hybridized carbons (Fsp3) is 0.600. The van der Waals surface area contributed by atoms with Gasteiger partial charge in [0.1, 0.15) is 6.54 Å². The molecule has 1 N–H and O–H groups in total. The molecule has 5 heterocycles. The molecule has 0 aromatic carbocycles. The normalized spacial score (nSPS) is 18.7. The average molecular weight is 578 g/mol. The lowest BCUT2D eigenvalue weighted by atomic mass is 10.2. The van der Waals surface area contributed by atoms with Crippen LogP contribution in [0.1, 0.15) is 6.92 Å². The van der Waals surface area contributed by atoms with E-state index in [0.717, 1.165) is 4.57 Å². The summed E-state index contributed by atoms with van der Waals surface area (Å²) in [4.78, 5) is 42.2. The number of morpholine rings is 1. The Kier molecular flexibility index (Phi) is 8.13. The number of halogens is 3. The zero-order valence-electron chi connectivity index (χ0n) is 23.5. The van der Waals surface area contributed by atoms with Crippen molar-refractivity contribution in [2.75, 3.05) is 88.7 Å². The van der Waals surface area contributed by atoms with Crippen molar-refractivity contribution in [3.63, 3.8) is 0 Å². The Balaban J connectivity index is 1.60. The summed E-state index contributed by atoms with van der Waals surface area (Å²) in [6, 6.07) is -0.0880. The van der Waals surface area contributed by atoms with Crippen LogP contribution in [-0.4, -0.2) is 131 Å². The van der Waals surface area contributed by atoms with E-state index in [1.165, 1.54) is 17.3 Å². The van der Waals surface area contributed by atoms with Crippen molar-refractivity contribution in [2.45, 2.75) is 25.7 Å². The zero-order valence-corrected chi connectivity index (χ0v) is 23.5. The van der Waals surface area contributed by atoms with Crippen molar-refractivity contribution < 1.29 is 22.7 Å². The summed E-state index contributed by atoms with van der Waals surface area (Å²) in [5, 5.41) is 2.84. The van der Waals surface area contributed by atoms with E-state index in [2.05, 4.69) is 20.3 Å². The Morgan fingerprint density at radius 3 is 2.39 bits per heavy atom. The number of nitrogens with zero attached hydrogens (tertiary/aromatic N) is 10. The number of hydrogen-bond acceptors (Lipinski definition) is 11. The number of aromatic nitrogens is 6. The topological polar surface area (TPSA) is 121 Å². The molecule has 3 aromatic heterocycles. The molecule has 0 radical (unpaired) electrons. The van der Waals surface area contributed by atoms with Crippen LogP contribution in [0.4, 0.5) is 30.9 Å². The molecule has 2 saturated heterocycles. The first-order valence-electron chi connectivity index (χ1n) is 13.4. The largest absolute Gasteiger partial charge is 0.406 e. The molecule has 0 aliphatic carbocycles. The number of hydrogen-bond donors (Lipinski definition) is 1. The minimum absolute atomic E-state index is 0.0284. The van der Waals surface area contributed by atoms with Gasteiger partial charge in [0.2, 0.25) is 17.8 Å². The maximum atomic E-state index is 14.0. The number of piperazine rings is 1. The van der Waals surface area contributed by atoms with Gasteiger partial charge in [0, 0.05) is 72.3 Å². The number of carbonyl (C=O) groups excluding carboxylic acids is 1. The molecule has 1 amide bonds. The molecule has 5 rings (SSSR count). The third kappa shape index (κ3) is 6.27. The highest BCUT2D eigenvalue weighted by atomic mass is 19.4. The van der Waals surface area contributed by atoms with Crippen LogP contribution >= 0.6 is 0 Å². The van der Waals surface area contributed by atoms with E-state index in [4.69, 9.17) is 14.7 Å². The maximum Gasteiger partial charge on any atom is 0.406 e. The number of imidazole rings is 1. The van der Waals surface area contributed by atoms with Crippen LogP contribution in [0.2, 0.25) is 0 Å². The van der Waals surface area contributed by atoms with Crippen LogP contribution in [0.5, 0.6) is 0 Å². The van der Waals surface area contributed by atoms with Crippen molar-refractivity contribution >= 4 is 34.8 Å². The van der Waals surface area contributed by atoms with Crippen molar-refractivity contribution in [1.29, 1.82) is 0 Å². The molecule has 41 heavy (non-hydrogen) atoms. The van der Waals surface area contributed by atoms with E-state index in [1.807, 2.05) is 21.6 Å². The van der Waals surface area contributed by atoms with Crippen LogP contribution < -0.4 is 15.1 Å². The highest BCUT2D eigenvalue weighted by Crippen LogP contribution is 2.34. The van der Waals surface area contributed by atoms with E-state index >= 15 is 0 Å². The van der Waals surface area contributed by atoms with Crippen LogP contribution in [-0.2, 0) is 16.1 Å². The van der Waals surface area contributed by atoms with Crippen LogP contribution in [0.25, 0.3) is 22.6 Å². The van der Waals surface area contributed by atoms with Crippen LogP contribution in [0.3, 0.4) is 0 Å². The summed E-state index contributed by atoms with van der Waals surface area (Å²) in [7, 11) is 5.09. The number of alkyl halides is 3. The second-order valence-electron chi connectivity index (χ2n) is 10.4. The monoisotopic (exact) mass is 577 g/mol. The predicted octanol–water partition coefficient (Wildman–Crippen LogP) is 1.32. The van der Waals surface area contributed by atoms with E-state index in [9.17, 15) is 18.0 Å². The number of ether oxygens (including phenoxy) is 1. The number of anilines is 3. The van der Waals surface area contributed by atoms with Crippen molar-refractivity contribution in [1.82, 2.24) is 39.3 Å². The van der Waals surface area contributed by atoms with Gasteiger partial charge in [-0.15, -0.1) is 0 Å². The third-order valence-corrected chi connectivity index (χ3v) is 7.22. The zero-order chi connectivity index (χ0) is 29.3. The average Bonchev–Trinajstić information content (AvgIpc) is 3.30. The molecule has 13 nitrogen and oxygen atoms in total. The number of rotatable bonds is 7. The van der Waals surface area contributed by atoms with Crippen molar-refractivity contribution in [3.8, 4) is 11.4 Å². The molecule has 222 valence electrons. The summed E-state index contributed by atoms with van der Waals surface area (Å²) >= 11 is 0. The van der Waals surface area contributed by atoms with Gasteiger partial charge in [0.15, 0.2) is 22.8 Å². The van der Waals surface area contributed by atoms with Crippen LogP contribution in [0.15, 0.2) is 12.4 Å². The van der Waals surface area contributed by atoms with Gasteiger partial charge in [-0.1, -0.05) is 0 Å². The fourth-order valence-corrected chi connectivity index (χ4v) is 4.97. The molecular weight excluding hydrogens is 543 g/mol. The van der Waals surface area contributed by atoms with Gasteiger partial charge >= 0.3 is 6.18 Å². The Morgan fingerprint density at radius 2 is 1.78 bits per heavy atom. The quantitative estimate of drug-likeness (QED) is 0.438. The number of fused-ring (bicyclic) bond motifs is 1. The molecule has 0 bridgehead atoms. The Labute approximate surface area is 235 Å². The second kappa shape index (κ2) is 11.6. The minimum atomic E-state index is -4.52. The first-order valence-corrected chi connectivity index (χ1v) is 13.4. The molecule has 3 aromatic rings. The SMILES string of the molecule is CNc1ncc(-c2nc(N3CCOCC3)c3nc(N4CCN(CC(=O)N(C)C)[C@H](C)C4)n(CC(F)(F)F)c3n2)cn1. The van der Waals surface area contributed by atoms with Crippen molar-refractivity contribution in [3.05, 3.63) is 12.4 Å². The van der Waals surface area contributed by atoms with E-state index < -0.39 is 12.7 Å². The molecule has 2 fully saturated rings. The molecule has 2 aliphatic rings. The smallest absolute Gasteiger partial charge is 0.378 e. The summed E-state index contributed by atoms with van der Waals surface area (Å²) in [5.74, 6) is 1.19. The Bertz CT molecular complexity index is 1370. The van der Waals surface area contributed by atoms with E-state index in [1.54, 1.807) is 21.1 Å².